The largest absolute Gasteiger partial charge is 0.497 e. The van der Waals surface area contributed by atoms with Gasteiger partial charge in [0.05, 0.1) is 12.8 Å². The maximum absolute atomic E-state index is 12.5. The number of hydrogen-bond acceptors (Lipinski definition) is 5. The summed E-state index contributed by atoms with van der Waals surface area (Å²) < 4.78 is 33.0. The van der Waals surface area contributed by atoms with E-state index in [0.717, 1.165) is 25.7 Å². The quantitative estimate of drug-likeness (QED) is 0.809. The molecule has 0 aromatic heterocycles. The van der Waals surface area contributed by atoms with Crippen LogP contribution in [0.3, 0.4) is 0 Å². The molecule has 0 spiro atoms. The normalized spacial score (nSPS) is 23.0. The molecule has 0 aliphatic heterocycles. The zero-order chi connectivity index (χ0) is 15.5. The number of nitrogens with two attached hydrogens (primary N) is 1. The van der Waals surface area contributed by atoms with Crippen LogP contribution in [-0.4, -0.2) is 33.1 Å². The highest BCUT2D eigenvalue weighted by atomic mass is 32.2. The third kappa shape index (κ3) is 3.84. The molecule has 0 amide bonds. The third-order valence-electron chi connectivity index (χ3n) is 3.82. The summed E-state index contributed by atoms with van der Waals surface area (Å²) in [7, 11) is -2.08. The van der Waals surface area contributed by atoms with Crippen LogP contribution >= 0.6 is 11.8 Å². The molecule has 1 saturated carbocycles. The zero-order valence-electron chi connectivity index (χ0n) is 12.3. The van der Waals surface area contributed by atoms with Gasteiger partial charge in [-0.25, -0.2) is 13.1 Å². The topological polar surface area (TPSA) is 81.4 Å². The maximum Gasteiger partial charge on any atom is 0.242 e. The molecule has 2 atom stereocenters. The van der Waals surface area contributed by atoms with E-state index in [9.17, 15) is 8.42 Å². The summed E-state index contributed by atoms with van der Waals surface area (Å²) in [5, 5.41) is 0.327. The number of anilines is 1. The van der Waals surface area contributed by atoms with Crippen LogP contribution in [0.4, 0.5) is 5.69 Å². The number of rotatable bonds is 5. The van der Waals surface area contributed by atoms with Crippen LogP contribution in [0.25, 0.3) is 0 Å². The number of sulfonamides is 1. The minimum Gasteiger partial charge on any atom is -0.497 e. The molecule has 1 aliphatic carbocycles. The molecule has 5 nitrogen and oxygen atoms in total. The zero-order valence-corrected chi connectivity index (χ0v) is 14.0. The molecule has 0 heterocycles. The number of methoxy groups -OCH3 is 1. The maximum atomic E-state index is 12.5. The molecule has 2 rings (SSSR count). The van der Waals surface area contributed by atoms with Crippen LogP contribution in [-0.2, 0) is 10.0 Å². The number of nitrogen functional groups attached to an aromatic ring is 1. The van der Waals surface area contributed by atoms with Gasteiger partial charge in [0, 0.05) is 17.4 Å². The smallest absolute Gasteiger partial charge is 0.242 e. The molecule has 1 aromatic rings. The van der Waals surface area contributed by atoms with E-state index in [2.05, 4.69) is 4.72 Å². The first-order chi connectivity index (χ1) is 9.97. The summed E-state index contributed by atoms with van der Waals surface area (Å²) in [5.41, 5.74) is 6.06. The number of ether oxygens (including phenoxy) is 1. The Bertz CT molecular complexity index is 590. The minimum absolute atomic E-state index is 0.0275. The van der Waals surface area contributed by atoms with Gasteiger partial charge >= 0.3 is 0 Å². The van der Waals surface area contributed by atoms with Gasteiger partial charge in [0.1, 0.15) is 10.6 Å². The molecule has 0 saturated heterocycles. The average Bonchev–Trinajstić information content (AvgIpc) is 2.47. The van der Waals surface area contributed by atoms with Gasteiger partial charge in [-0.1, -0.05) is 12.8 Å². The van der Waals surface area contributed by atoms with Crippen LogP contribution in [0, 0.1) is 0 Å². The highest BCUT2D eigenvalue weighted by Crippen LogP contribution is 2.30. The van der Waals surface area contributed by atoms with Crippen molar-refractivity contribution in [2.45, 2.75) is 41.9 Å². The molecule has 2 unspecified atom stereocenters. The predicted octanol–water partition coefficient (Wildman–Crippen LogP) is 2.23. The van der Waals surface area contributed by atoms with Gasteiger partial charge in [-0.3, -0.25) is 0 Å². The van der Waals surface area contributed by atoms with Gasteiger partial charge in [0.15, 0.2) is 0 Å². The molecule has 7 heteroatoms. The second kappa shape index (κ2) is 6.89. The van der Waals surface area contributed by atoms with Crippen molar-refractivity contribution in [1.29, 1.82) is 0 Å². The van der Waals surface area contributed by atoms with Gasteiger partial charge < -0.3 is 10.5 Å². The van der Waals surface area contributed by atoms with Crippen molar-refractivity contribution in [2.24, 2.45) is 0 Å². The fourth-order valence-corrected chi connectivity index (χ4v) is 5.12. The van der Waals surface area contributed by atoms with Crippen LogP contribution in [0.1, 0.15) is 25.7 Å². The molecule has 1 aliphatic rings. The number of nitrogens with one attached hydrogen (secondary N) is 1. The molecule has 0 bridgehead atoms. The molecule has 3 N–H and O–H groups in total. The Hall–Kier alpha value is -0.920. The summed E-state index contributed by atoms with van der Waals surface area (Å²) in [4.78, 5) is 0.119. The van der Waals surface area contributed by atoms with Gasteiger partial charge in [-0.05, 0) is 31.2 Å². The highest BCUT2D eigenvalue weighted by Gasteiger charge is 2.29. The SMILES string of the molecule is COc1ccc(S(=O)(=O)NC2CCCCC2SC)c(N)c1. The lowest BCUT2D eigenvalue weighted by Gasteiger charge is -2.30. The average molecular weight is 330 g/mol. The Morgan fingerprint density at radius 1 is 1.33 bits per heavy atom. The Kier molecular flexibility index (Phi) is 5.40. The molecule has 118 valence electrons. The lowest BCUT2D eigenvalue weighted by Crippen LogP contribution is -2.43. The molecule has 1 aromatic carbocycles. The third-order valence-corrected chi connectivity index (χ3v) is 6.55. The molecular weight excluding hydrogens is 308 g/mol. The molecule has 1 fully saturated rings. The summed E-state index contributed by atoms with van der Waals surface area (Å²) >= 11 is 1.72. The van der Waals surface area contributed by atoms with E-state index in [1.54, 1.807) is 17.8 Å². The first-order valence-corrected chi connectivity index (χ1v) is 9.73. The van der Waals surface area contributed by atoms with Crippen LogP contribution in [0.15, 0.2) is 23.1 Å². The fraction of sp³-hybridized carbons (Fsp3) is 0.571. The summed E-state index contributed by atoms with van der Waals surface area (Å²) in [6.07, 6.45) is 6.17. The Morgan fingerprint density at radius 3 is 2.67 bits per heavy atom. The first-order valence-electron chi connectivity index (χ1n) is 6.96. The second-order valence-electron chi connectivity index (χ2n) is 5.19. The van der Waals surface area contributed by atoms with Crippen molar-refractivity contribution in [3.63, 3.8) is 0 Å². The van der Waals surface area contributed by atoms with E-state index in [4.69, 9.17) is 10.5 Å². The lowest BCUT2D eigenvalue weighted by molar-refractivity contribution is 0.414. The van der Waals surface area contributed by atoms with Gasteiger partial charge in [-0.2, -0.15) is 11.8 Å². The molecule has 21 heavy (non-hydrogen) atoms. The van der Waals surface area contributed by atoms with Crippen molar-refractivity contribution in [1.82, 2.24) is 4.72 Å². The summed E-state index contributed by atoms with van der Waals surface area (Å²) in [6, 6.07) is 4.60. The van der Waals surface area contributed by atoms with Crippen LogP contribution in [0.2, 0.25) is 0 Å². The first kappa shape index (κ1) is 16.5. The van der Waals surface area contributed by atoms with E-state index in [1.165, 1.54) is 19.2 Å². The Labute approximate surface area is 130 Å². The van der Waals surface area contributed by atoms with Crippen LogP contribution in [0.5, 0.6) is 5.75 Å². The molecule has 0 radical (unpaired) electrons. The monoisotopic (exact) mass is 330 g/mol. The minimum atomic E-state index is -3.60. The van der Waals surface area contributed by atoms with E-state index in [-0.39, 0.29) is 16.6 Å². The van der Waals surface area contributed by atoms with E-state index in [1.807, 2.05) is 6.26 Å². The van der Waals surface area contributed by atoms with Gasteiger partial charge in [-0.15, -0.1) is 0 Å². The number of benzene rings is 1. The predicted molar refractivity (Wildman–Crippen MR) is 87.3 cm³/mol. The van der Waals surface area contributed by atoms with Crippen molar-refractivity contribution in [2.75, 3.05) is 19.1 Å². The van der Waals surface area contributed by atoms with Gasteiger partial charge in [0.25, 0.3) is 0 Å². The van der Waals surface area contributed by atoms with Crippen molar-refractivity contribution in [3.8, 4) is 5.75 Å². The fourth-order valence-electron chi connectivity index (χ4n) is 2.67. The number of hydrogen-bond donors (Lipinski definition) is 2. The molecular formula is C14H22N2O3S2. The van der Waals surface area contributed by atoms with Crippen molar-refractivity contribution in [3.05, 3.63) is 18.2 Å². The second-order valence-corrected chi connectivity index (χ2v) is 7.95. The van der Waals surface area contributed by atoms with E-state index < -0.39 is 10.0 Å². The number of thioether (sulfide) groups is 1. The standard InChI is InChI=1S/C14H22N2O3S2/c1-19-10-7-8-14(11(15)9-10)21(17,18)16-12-5-3-4-6-13(12)20-2/h7-9,12-13,16H,3-6,15H2,1-2H3. The van der Waals surface area contributed by atoms with E-state index >= 15 is 0 Å². The van der Waals surface area contributed by atoms with Crippen LogP contribution < -0.4 is 15.2 Å². The van der Waals surface area contributed by atoms with E-state index in [0.29, 0.717) is 11.0 Å². The van der Waals surface area contributed by atoms with Crippen molar-refractivity contribution < 1.29 is 13.2 Å². The Balaban J connectivity index is 2.21. The highest BCUT2D eigenvalue weighted by molar-refractivity contribution is 7.99. The Morgan fingerprint density at radius 2 is 2.05 bits per heavy atom. The summed E-state index contributed by atoms with van der Waals surface area (Å²) in [6.45, 7) is 0. The van der Waals surface area contributed by atoms with Gasteiger partial charge in [0.2, 0.25) is 10.0 Å². The van der Waals surface area contributed by atoms with Crippen molar-refractivity contribution >= 4 is 27.5 Å². The lowest BCUT2D eigenvalue weighted by atomic mass is 9.96. The summed E-state index contributed by atoms with van der Waals surface area (Å²) in [5.74, 6) is 0.547.